The zero-order valence-electron chi connectivity index (χ0n) is 12.7. The van der Waals surface area contributed by atoms with Gasteiger partial charge in [0.15, 0.2) is 0 Å². The first kappa shape index (κ1) is 14.4. The molecule has 1 aliphatic rings. The Bertz CT molecular complexity index is 590. The van der Waals surface area contributed by atoms with Crippen LogP contribution in [-0.2, 0) is 6.54 Å². The summed E-state index contributed by atoms with van der Waals surface area (Å²) in [5.74, 6) is 1.91. The molecular weight excluding hydrogens is 260 g/mol. The van der Waals surface area contributed by atoms with Gasteiger partial charge >= 0.3 is 0 Å². The maximum atomic E-state index is 6.05. The van der Waals surface area contributed by atoms with E-state index >= 15 is 0 Å². The first-order valence-electron chi connectivity index (χ1n) is 7.84. The Morgan fingerprint density at radius 1 is 1.19 bits per heavy atom. The molecular formula is C18H24N2O. The van der Waals surface area contributed by atoms with Crippen LogP contribution in [0.2, 0.25) is 0 Å². The predicted molar refractivity (Wildman–Crippen MR) is 86.0 cm³/mol. The van der Waals surface area contributed by atoms with Crippen LogP contribution in [0.15, 0.2) is 40.8 Å². The molecule has 2 aromatic rings. The summed E-state index contributed by atoms with van der Waals surface area (Å²) in [6.07, 6.45) is 3.47. The molecule has 1 fully saturated rings. The van der Waals surface area contributed by atoms with E-state index < -0.39 is 0 Å². The van der Waals surface area contributed by atoms with Gasteiger partial charge in [-0.2, -0.15) is 0 Å². The molecule has 1 unspecified atom stereocenters. The van der Waals surface area contributed by atoms with E-state index in [2.05, 4.69) is 29.2 Å². The van der Waals surface area contributed by atoms with Crippen LogP contribution >= 0.6 is 0 Å². The zero-order chi connectivity index (χ0) is 14.7. The molecule has 1 aromatic carbocycles. The molecule has 21 heavy (non-hydrogen) atoms. The summed E-state index contributed by atoms with van der Waals surface area (Å²) in [4.78, 5) is 2.51. The fraction of sp³-hybridized carbons (Fsp3) is 0.444. The summed E-state index contributed by atoms with van der Waals surface area (Å²) in [5.41, 5.74) is 8.56. The molecule has 0 spiro atoms. The van der Waals surface area contributed by atoms with E-state index in [0.29, 0.717) is 6.04 Å². The number of hydrogen-bond acceptors (Lipinski definition) is 3. The van der Waals surface area contributed by atoms with Crippen molar-refractivity contribution in [3.05, 3.63) is 47.7 Å². The average molecular weight is 284 g/mol. The van der Waals surface area contributed by atoms with Crippen molar-refractivity contribution in [1.82, 2.24) is 4.90 Å². The Hall–Kier alpha value is -1.58. The lowest BCUT2D eigenvalue weighted by molar-refractivity contribution is 0.276. The van der Waals surface area contributed by atoms with E-state index in [1.807, 2.05) is 19.1 Å². The molecule has 0 bridgehead atoms. The maximum Gasteiger partial charge on any atom is 0.134 e. The van der Waals surface area contributed by atoms with Gasteiger partial charge in [0, 0.05) is 18.2 Å². The van der Waals surface area contributed by atoms with E-state index in [9.17, 15) is 0 Å². The van der Waals surface area contributed by atoms with Gasteiger partial charge in [0.05, 0.1) is 0 Å². The molecule has 3 rings (SSSR count). The summed E-state index contributed by atoms with van der Waals surface area (Å²) in [7, 11) is 0. The molecule has 0 amide bonds. The van der Waals surface area contributed by atoms with Gasteiger partial charge in [-0.15, -0.1) is 0 Å². The van der Waals surface area contributed by atoms with Crippen molar-refractivity contribution in [3.63, 3.8) is 0 Å². The largest absolute Gasteiger partial charge is 0.461 e. The van der Waals surface area contributed by atoms with Gasteiger partial charge in [-0.3, -0.25) is 4.90 Å². The van der Waals surface area contributed by atoms with Crippen LogP contribution in [0.4, 0.5) is 0 Å². The molecule has 3 heteroatoms. The van der Waals surface area contributed by atoms with Crippen LogP contribution < -0.4 is 5.73 Å². The second kappa shape index (κ2) is 6.46. The molecule has 1 saturated heterocycles. The summed E-state index contributed by atoms with van der Waals surface area (Å²) in [6.45, 7) is 5.23. The Morgan fingerprint density at radius 3 is 2.90 bits per heavy atom. The molecule has 1 atom stereocenters. The van der Waals surface area contributed by atoms with Crippen molar-refractivity contribution in [1.29, 1.82) is 0 Å². The highest BCUT2D eigenvalue weighted by Crippen LogP contribution is 2.23. The van der Waals surface area contributed by atoms with E-state index in [-0.39, 0.29) is 0 Å². The number of hydrogen-bond donors (Lipinski definition) is 1. The standard InChI is InChI=1S/C18H24N2O/c1-14-7-8-18(21-14)16-5-2-4-15(12-16)13-20-10-3-6-17(19)9-11-20/h2,4-5,7-8,12,17H,3,6,9-11,13,19H2,1H3. The molecule has 2 N–H and O–H groups in total. The minimum absolute atomic E-state index is 0.382. The van der Waals surface area contributed by atoms with Gasteiger partial charge in [0.2, 0.25) is 0 Å². The molecule has 1 aromatic heterocycles. The Kier molecular flexibility index (Phi) is 4.42. The van der Waals surface area contributed by atoms with E-state index in [4.69, 9.17) is 10.2 Å². The SMILES string of the molecule is Cc1ccc(-c2cccc(CN3CCCC(N)CC3)c2)o1. The lowest BCUT2D eigenvalue weighted by Gasteiger charge is -2.20. The monoisotopic (exact) mass is 284 g/mol. The summed E-state index contributed by atoms with van der Waals surface area (Å²) in [6, 6.07) is 13.1. The highest BCUT2D eigenvalue weighted by atomic mass is 16.3. The Balaban J connectivity index is 1.71. The molecule has 112 valence electrons. The van der Waals surface area contributed by atoms with Gasteiger partial charge in [-0.05, 0) is 63.0 Å². The first-order chi connectivity index (χ1) is 10.2. The number of rotatable bonds is 3. The number of benzene rings is 1. The highest BCUT2D eigenvalue weighted by molar-refractivity contribution is 5.58. The fourth-order valence-corrected chi connectivity index (χ4v) is 3.01. The normalized spacial score (nSPS) is 20.4. The maximum absolute atomic E-state index is 6.05. The van der Waals surface area contributed by atoms with Crippen molar-refractivity contribution in [2.45, 2.75) is 38.8 Å². The van der Waals surface area contributed by atoms with Gasteiger partial charge in [0.1, 0.15) is 11.5 Å². The quantitative estimate of drug-likeness (QED) is 0.937. The number of aryl methyl sites for hydroxylation is 1. The van der Waals surface area contributed by atoms with Crippen molar-refractivity contribution < 1.29 is 4.42 Å². The van der Waals surface area contributed by atoms with Gasteiger partial charge in [-0.25, -0.2) is 0 Å². The van der Waals surface area contributed by atoms with Gasteiger partial charge in [0.25, 0.3) is 0 Å². The minimum Gasteiger partial charge on any atom is -0.461 e. The second-order valence-corrected chi connectivity index (χ2v) is 6.08. The van der Waals surface area contributed by atoms with Crippen LogP contribution in [0.1, 0.15) is 30.6 Å². The zero-order valence-corrected chi connectivity index (χ0v) is 12.7. The van der Waals surface area contributed by atoms with Crippen molar-refractivity contribution in [3.8, 4) is 11.3 Å². The van der Waals surface area contributed by atoms with Crippen molar-refractivity contribution in [2.24, 2.45) is 5.73 Å². The molecule has 0 radical (unpaired) electrons. The van der Waals surface area contributed by atoms with Gasteiger partial charge in [-0.1, -0.05) is 18.2 Å². The minimum atomic E-state index is 0.382. The molecule has 1 aliphatic heterocycles. The fourth-order valence-electron chi connectivity index (χ4n) is 3.01. The Labute approximate surface area is 126 Å². The second-order valence-electron chi connectivity index (χ2n) is 6.08. The lowest BCUT2D eigenvalue weighted by atomic mass is 10.1. The van der Waals surface area contributed by atoms with Crippen LogP contribution in [-0.4, -0.2) is 24.0 Å². The smallest absolute Gasteiger partial charge is 0.134 e. The van der Waals surface area contributed by atoms with Gasteiger partial charge < -0.3 is 10.2 Å². The molecule has 3 nitrogen and oxygen atoms in total. The van der Waals surface area contributed by atoms with Crippen molar-refractivity contribution in [2.75, 3.05) is 13.1 Å². The highest BCUT2D eigenvalue weighted by Gasteiger charge is 2.14. The van der Waals surface area contributed by atoms with Crippen molar-refractivity contribution >= 4 is 0 Å². The number of nitrogens with zero attached hydrogens (tertiary/aromatic N) is 1. The molecule has 0 aliphatic carbocycles. The van der Waals surface area contributed by atoms with Crippen LogP contribution in [0.25, 0.3) is 11.3 Å². The topological polar surface area (TPSA) is 42.4 Å². The summed E-state index contributed by atoms with van der Waals surface area (Å²) >= 11 is 0. The number of furan rings is 1. The van der Waals surface area contributed by atoms with E-state index in [0.717, 1.165) is 49.6 Å². The first-order valence-corrected chi connectivity index (χ1v) is 7.84. The number of nitrogens with two attached hydrogens (primary N) is 1. The van der Waals surface area contributed by atoms with E-state index in [1.165, 1.54) is 12.0 Å². The van der Waals surface area contributed by atoms with Crippen LogP contribution in [0.5, 0.6) is 0 Å². The Morgan fingerprint density at radius 2 is 2.10 bits per heavy atom. The van der Waals surface area contributed by atoms with Crippen LogP contribution in [0, 0.1) is 6.92 Å². The number of likely N-dealkylation sites (tertiary alicyclic amines) is 1. The molecule has 0 saturated carbocycles. The lowest BCUT2D eigenvalue weighted by Crippen LogP contribution is -2.26. The predicted octanol–water partition coefficient (Wildman–Crippen LogP) is 3.57. The average Bonchev–Trinajstić information content (AvgIpc) is 2.81. The third kappa shape index (κ3) is 3.74. The van der Waals surface area contributed by atoms with Crippen LogP contribution in [0.3, 0.4) is 0 Å². The summed E-state index contributed by atoms with van der Waals surface area (Å²) < 4.78 is 5.72. The van der Waals surface area contributed by atoms with E-state index in [1.54, 1.807) is 0 Å². The third-order valence-corrected chi connectivity index (χ3v) is 4.22. The molecule has 2 heterocycles. The summed E-state index contributed by atoms with van der Waals surface area (Å²) in [5, 5.41) is 0. The third-order valence-electron chi connectivity index (χ3n) is 4.22.